The van der Waals surface area contributed by atoms with Crippen molar-refractivity contribution in [1.29, 1.82) is 0 Å². The summed E-state index contributed by atoms with van der Waals surface area (Å²) in [7, 11) is 0. The highest BCUT2D eigenvalue weighted by Crippen LogP contribution is 2.22. The SMILES string of the molecule is C=Cc1ccc(OCc2ccccc2)c(CC(=O)NCC)c1. The third-order valence-electron chi connectivity index (χ3n) is 3.28. The minimum atomic E-state index is -0.00623. The summed E-state index contributed by atoms with van der Waals surface area (Å²) in [5.74, 6) is 0.731. The normalized spacial score (nSPS) is 10.0. The Morgan fingerprint density at radius 2 is 2.00 bits per heavy atom. The summed E-state index contributed by atoms with van der Waals surface area (Å²) >= 11 is 0. The van der Waals surface area contributed by atoms with E-state index in [1.807, 2.05) is 55.5 Å². The third kappa shape index (κ3) is 4.48. The van der Waals surface area contributed by atoms with Crippen LogP contribution in [0.2, 0.25) is 0 Å². The molecule has 1 amide bonds. The zero-order valence-electron chi connectivity index (χ0n) is 12.8. The summed E-state index contributed by atoms with van der Waals surface area (Å²) in [6.45, 7) is 6.79. The Bertz CT molecular complexity index is 635. The van der Waals surface area contributed by atoms with E-state index in [1.54, 1.807) is 6.08 Å². The van der Waals surface area contributed by atoms with Crippen LogP contribution in [-0.2, 0) is 17.8 Å². The summed E-state index contributed by atoms with van der Waals surface area (Å²) in [5.41, 5.74) is 2.95. The van der Waals surface area contributed by atoms with Crippen LogP contribution < -0.4 is 10.1 Å². The van der Waals surface area contributed by atoms with E-state index in [4.69, 9.17) is 4.74 Å². The van der Waals surface area contributed by atoms with Gasteiger partial charge in [0.05, 0.1) is 6.42 Å². The predicted molar refractivity (Wildman–Crippen MR) is 89.7 cm³/mol. The number of likely N-dealkylation sites (N-methyl/N-ethyl adjacent to an activating group) is 1. The first-order valence-electron chi connectivity index (χ1n) is 7.41. The smallest absolute Gasteiger partial charge is 0.224 e. The van der Waals surface area contributed by atoms with Gasteiger partial charge in [0, 0.05) is 12.1 Å². The summed E-state index contributed by atoms with van der Waals surface area (Å²) in [4.78, 5) is 11.8. The molecule has 114 valence electrons. The van der Waals surface area contributed by atoms with E-state index in [1.165, 1.54) is 0 Å². The van der Waals surface area contributed by atoms with Crippen LogP contribution >= 0.6 is 0 Å². The van der Waals surface area contributed by atoms with E-state index in [2.05, 4.69) is 11.9 Å². The molecule has 2 aromatic carbocycles. The maximum absolute atomic E-state index is 11.8. The highest BCUT2D eigenvalue weighted by molar-refractivity contribution is 5.79. The molecule has 1 N–H and O–H groups in total. The van der Waals surface area contributed by atoms with E-state index in [0.29, 0.717) is 19.6 Å². The van der Waals surface area contributed by atoms with E-state index in [-0.39, 0.29) is 5.91 Å². The molecule has 0 heterocycles. The van der Waals surface area contributed by atoms with Crippen molar-refractivity contribution >= 4 is 12.0 Å². The Balaban J connectivity index is 2.14. The van der Waals surface area contributed by atoms with Gasteiger partial charge in [0.25, 0.3) is 0 Å². The van der Waals surface area contributed by atoms with Gasteiger partial charge in [-0.15, -0.1) is 0 Å². The van der Waals surface area contributed by atoms with Crippen molar-refractivity contribution in [1.82, 2.24) is 5.32 Å². The molecule has 22 heavy (non-hydrogen) atoms. The topological polar surface area (TPSA) is 38.3 Å². The Morgan fingerprint density at radius 1 is 1.23 bits per heavy atom. The number of hydrogen-bond donors (Lipinski definition) is 1. The Kier molecular flexibility index (Phi) is 5.78. The second kappa shape index (κ2) is 8.03. The van der Waals surface area contributed by atoms with Crippen LogP contribution in [0.25, 0.3) is 6.08 Å². The van der Waals surface area contributed by atoms with Gasteiger partial charge in [0.2, 0.25) is 5.91 Å². The summed E-state index contributed by atoms with van der Waals surface area (Å²) < 4.78 is 5.89. The van der Waals surface area contributed by atoms with Gasteiger partial charge in [-0.2, -0.15) is 0 Å². The molecule has 3 heteroatoms. The molecule has 2 rings (SSSR count). The number of rotatable bonds is 7. The van der Waals surface area contributed by atoms with Crippen molar-refractivity contribution in [2.45, 2.75) is 20.0 Å². The van der Waals surface area contributed by atoms with Crippen LogP contribution in [-0.4, -0.2) is 12.5 Å². The molecular weight excluding hydrogens is 274 g/mol. The van der Waals surface area contributed by atoms with Crippen molar-refractivity contribution in [3.8, 4) is 5.75 Å². The zero-order chi connectivity index (χ0) is 15.8. The number of carbonyl (C=O) groups is 1. The molecule has 3 nitrogen and oxygen atoms in total. The number of ether oxygens (including phenoxy) is 1. The first-order chi connectivity index (χ1) is 10.7. The number of hydrogen-bond acceptors (Lipinski definition) is 2. The summed E-state index contributed by atoms with van der Waals surface area (Å²) in [6, 6.07) is 15.8. The van der Waals surface area contributed by atoms with Gasteiger partial charge >= 0.3 is 0 Å². The van der Waals surface area contributed by atoms with Gasteiger partial charge in [-0.1, -0.05) is 49.1 Å². The standard InChI is InChI=1S/C19H21NO2/c1-3-15-10-11-18(17(12-15)13-19(21)20-4-2)22-14-16-8-6-5-7-9-16/h3,5-12H,1,4,13-14H2,2H3,(H,20,21). The highest BCUT2D eigenvalue weighted by Gasteiger charge is 2.09. The minimum Gasteiger partial charge on any atom is -0.489 e. The highest BCUT2D eigenvalue weighted by atomic mass is 16.5. The number of amides is 1. The lowest BCUT2D eigenvalue weighted by Crippen LogP contribution is -2.24. The molecule has 0 bridgehead atoms. The Labute approximate surface area is 131 Å². The molecule has 0 aliphatic carbocycles. The lowest BCUT2D eigenvalue weighted by Gasteiger charge is -2.12. The second-order valence-electron chi connectivity index (χ2n) is 4.98. The van der Waals surface area contributed by atoms with Crippen LogP contribution in [0, 0.1) is 0 Å². The molecular formula is C19H21NO2. The Hall–Kier alpha value is -2.55. The lowest BCUT2D eigenvalue weighted by molar-refractivity contribution is -0.120. The first-order valence-corrected chi connectivity index (χ1v) is 7.41. The van der Waals surface area contributed by atoms with Gasteiger partial charge in [-0.3, -0.25) is 4.79 Å². The van der Waals surface area contributed by atoms with E-state index < -0.39 is 0 Å². The lowest BCUT2D eigenvalue weighted by atomic mass is 10.1. The first kappa shape index (κ1) is 15.8. The largest absolute Gasteiger partial charge is 0.489 e. The van der Waals surface area contributed by atoms with E-state index >= 15 is 0 Å². The average Bonchev–Trinajstić information content (AvgIpc) is 2.54. The quantitative estimate of drug-likeness (QED) is 0.847. The molecule has 0 aromatic heterocycles. The molecule has 0 atom stereocenters. The van der Waals surface area contributed by atoms with Crippen LogP contribution in [0.15, 0.2) is 55.1 Å². The van der Waals surface area contributed by atoms with Crippen LogP contribution in [0.3, 0.4) is 0 Å². The molecule has 0 radical (unpaired) electrons. The summed E-state index contributed by atoms with van der Waals surface area (Å²) in [6.07, 6.45) is 2.07. The number of carbonyl (C=O) groups excluding carboxylic acids is 1. The molecule has 0 fully saturated rings. The molecule has 0 spiro atoms. The fraction of sp³-hybridized carbons (Fsp3) is 0.211. The molecule has 0 saturated heterocycles. The van der Waals surface area contributed by atoms with Gasteiger partial charge < -0.3 is 10.1 Å². The molecule has 0 saturated carbocycles. The van der Waals surface area contributed by atoms with Crippen molar-refractivity contribution in [3.05, 3.63) is 71.8 Å². The van der Waals surface area contributed by atoms with Crippen molar-refractivity contribution in [2.24, 2.45) is 0 Å². The maximum Gasteiger partial charge on any atom is 0.224 e. The third-order valence-corrected chi connectivity index (χ3v) is 3.28. The number of nitrogens with one attached hydrogen (secondary N) is 1. The maximum atomic E-state index is 11.8. The predicted octanol–water partition coefficient (Wildman–Crippen LogP) is 3.59. The van der Waals surface area contributed by atoms with Crippen molar-refractivity contribution in [2.75, 3.05) is 6.54 Å². The Morgan fingerprint density at radius 3 is 2.68 bits per heavy atom. The van der Waals surface area contributed by atoms with Crippen LogP contribution in [0.1, 0.15) is 23.6 Å². The minimum absolute atomic E-state index is 0.00623. The van der Waals surface area contributed by atoms with Crippen molar-refractivity contribution < 1.29 is 9.53 Å². The van der Waals surface area contributed by atoms with Gasteiger partial charge in [-0.05, 0) is 30.2 Å². The zero-order valence-corrected chi connectivity index (χ0v) is 12.8. The average molecular weight is 295 g/mol. The van der Waals surface area contributed by atoms with Crippen molar-refractivity contribution in [3.63, 3.8) is 0 Å². The summed E-state index contributed by atoms with van der Waals surface area (Å²) in [5, 5.41) is 2.81. The molecule has 0 aliphatic rings. The van der Waals surface area contributed by atoms with E-state index in [9.17, 15) is 4.79 Å². The van der Waals surface area contributed by atoms with Gasteiger partial charge in [0.1, 0.15) is 12.4 Å². The van der Waals surface area contributed by atoms with E-state index in [0.717, 1.165) is 22.4 Å². The van der Waals surface area contributed by atoms with Gasteiger partial charge in [0.15, 0.2) is 0 Å². The van der Waals surface area contributed by atoms with Crippen LogP contribution in [0.4, 0.5) is 0 Å². The van der Waals surface area contributed by atoms with Gasteiger partial charge in [-0.25, -0.2) is 0 Å². The number of benzene rings is 2. The molecule has 0 unspecified atom stereocenters. The second-order valence-corrected chi connectivity index (χ2v) is 4.98. The monoisotopic (exact) mass is 295 g/mol. The van der Waals surface area contributed by atoms with Crippen LogP contribution in [0.5, 0.6) is 5.75 Å². The molecule has 0 aliphatic heterocycles. The fourth-order valence-corrected chi connectivity index (χ4v) is 2.17. The molecule has 2 aromatic rings. The fourth-order valence-electron chi connectivity index (χ4n) is 2.17.